The molecule has 0 aliphatic rings. The first kappa shape index (κ1) is 22.2. The average Bonchev–Trinajstić information content (AvgIpc) is 2.21. The molecule has 128 valence electrons. The Morgan fingerprint density at radius 3 is 1.38 bits per heavy atom. The Balaban J connectivity index is 3.79. The van der Waals surface area contributed by atoms with Crippen molar-refractivity contribution in [3.05, 3.63) is 0 Å². The van der Waals surface area contributed by atoms with E-state index in [9.17, 15) is 0 Å². The molecule has 0 radical (unpaired) electrons. The summed E-state index contributed by atoms with van der Waals surface area (Å²) >= 11 is 12.2. The minimum absolute atomic E-state index is 1.05. The fraction of sp³-hybridized carbons (Fsp3) is 1.00. The summed E-state index contributed by atoms with van der Waals surface area (Å²) in [6.07, 6.45) is 7.97. The van der Waals surface area contributed by atoms with E-state index in [0.29, 0.717) is 0 Å². The van der Waals surface area contributed by atoms with Gasteiger partial charge in [-0.25, -0.2) is 0 Å². The summed E-state index contributed by atoms with van der Waals surface area (Å²) in [5.41, 5.74) is 0. The van der Waals surface area contributed by atoms with Crippen LogP contribution in [0.25, 0.3) is 0 Å². The quantitative estimate of drug-likeness (QED) is 0.213. The van der Waals surface area contributed by atoms with Crippen molar-refractivity contribution in [3.8, 4) is 0 Å². The minimum atomic E-state index is -1.84. The lowest BCUT2D eigenvalue weighted by molar-refractivity contribution is 0.533. The molecule has 6 heteroatoms. The Kier molecular flexibility index (Phi) is 10.0. The number of unbranched alkanes of at least 4 members (excludes halogenated alkanes) is 5. The van der Waals surface area contributed by atoms with E-state index in [-0.39, 0.29) is 0 Å². The molecule has 0 saturated heterocycles. The van der Waals surface area contributed by atoms with Gasteiger partial charge >= 0.3 is 0 Å². The van der Waals surface area contributed by atoms with Gasteiger partial charge in [-0.15, -0.1) is 22.2 Å². The van der Waals surface area contributed by atoms with E-state index in [1.807, 2.05) is 6.55 Å². The summed E-state index contributed by atoms with van der Waals surface area (Å²) in [7, 11) is -2.31. The van der Waals surface area contributed by atoms with Crippen molar-refractivity contribution in [1.82, 2.24) is 4.23 Å². The topological polar surface area (TPSA) is 3.24 Å². The highest BCUT2D eigenvalue weighted by Crippen LogP contribution is 2.24. The highest BCUT2D eigenvalue weighted by Gasteiger charge is 2.33. The normalized spacial score (nSPS) is 14.0. The molecule has 0 bridgehead atoms. The Hall–Kier alpha value is 1.19. The highest BCUT2D eigenvalue weighted by molar-refractivity contribution is 7.44. The second-order valence-electron chi connectivity index (χ2n) is 8.43. The van der Waals surface area contributed by atoms with Crippen LogP contribution in [-0.4, -0.2) is 33.9 Å². The summed E-state index contributed by atoms with van der Waals surface area (Å²) in [4.78, 5) is 0. The summed E-state index contributed by atoms with van der Waals surface area (Å²) in [6.45, 7) is 16.4. The van der Waals surface area contributed by atoms with Gasteiger partial charge in [0.2, 0.25) is 6.69 Å². The van der Waals surface area contributed by atoms with Gasteiger partial charge in [0.25, 0.3) is 0 Å². The van der Waals surface area contributed by atoms with Crippen LogP contribution in [0.4, 0.5) is 0 Å². The zero-order valence-corrected chi connectivity index (χ0v) is 19.9. The van der Waals surface area contributed by atoms with Gasteiger partial charge < -0.3 is 4.23 Å². The monoisotopic (exact) mass is 385 g/mol. The van der Waals surface area contributed by atoms with Crippen LogP contribution in [0.5, 0.6) is 0 Å². The Morgan fingerprint density at radius 1 is 0.619 bits per heavy atom. The standard InChI is InChI=1S/C15H37Cl2NSi3/c1-19(2,3)18(20(4,5)6)14-12-10-8-9-11-13-15-21(7,16)17/h8-15H2,1-7H3. The van der Waals surface area contributed by atoms with Crippen molar-refractivity contribution in [2.45, 2.75) is 90.4 Å². The van der Waals surface area contributed by atoms with Crippen molar-refractivity contribution >= 4 is 45.3 Å². The SMILES string of the molecule is C[Si](Cl)(Cl)CCCCCCCCN([Si](C)(C)C)[Si](C)(C)C. The van der Waals surface area contributed by atoms with E-state index in [0.717, 1.165) is 6.04 Å². The number of hydrogen-bond acceptors (Lipinski definition) is 1. The molecule has 0 rings (SSSR count). The van der Waals surface area contributed by atoms with Crippen LogP contribution in [0.1, 0.15) is 38.5 Å². The Bertz CT molecular complexity index is 266. The molecular formula is C15H37Cl2NSi3. The number of rotatable bonds is 11. The molecule has 21 heavy (non-hydrogen) atoms. The van der Waals surface area contributed by atoms with Crippen molar-refractivity contribution in [2.75, 3.05) is 6.54 Å². The van der Waals surface area contributed by atoms with E-state index in [1.54, 1.807) is 0 Å². The molecule has 0 fully saturated rings. The maximum Gasteiger partial charge on any atom is 0.248 e. The van der Waals surface area contributed by atoms with Crippen LogP contribution >= 0.6 is 22.2 Å². The minimum Gasteiger partial charge on any atom is -0.346 e. The maximum atomic E-state index is 6.12. The van der Waals surface area contributed by atoms with E-state index >= 15 is 0 Å². The van der Waals surface area contributed by atoms with Crippen LogP contribution < -0.4 is 0 Å². The van der Waals surface area contributed by atoms with Gasteiger partial charge in [-0.2, -0.15) is 0 Å². The van der Waals surface area contributed by atoms with Gasteiger partial charge in [0.15, 0.2) is 0 Å². The molecule has 0 aliphatic carbocycles. The molecule has 0 saturated carbocycles. The highest BCUT2D eigenvalue weighted by atomic mass is 35.7. The summed E-state index contributed by atoms with van der Waals surface area (Å²) < 4.78 is 2.90. The van der Waals surface area contributed by atoms with Crippen LogP contribution in [0.2, 0.25) is 51.9 Å². The molecule has 0 aromatic rings. The number of nitrogens with zero attached hydrogens (tertiary/aromatic N) is 1. The zero-order valence-electron chi connectivity index (χ0n) is 15.4. The third-order valence-electron chi connectivity index (χ3n) is 3.87. The van der Waals surface area contributed by atoms with E-state index < -0.39 is 23.2 Å². The molecule has 1 nitrogen and oxygen atoms in total. The summed E-state index contributed by atoms with van der Waals surface area (Å²) in [6, 6.07) is 1.05. The Labute approximate surface area is 146 Å². The van der Waals surface area contributed by atoms with E-state index in [4.69, 9.17) is 22.2 Å². The van der Waals surface area contributed by atoms with Gasteiger partial charge in [-0.1, -0.05) is 71.4 Å². The lowest BCUT2D eigenvalue weighted by atomic mass is 10.1. The van der Waals surface area contributed by atoms with Crippen molar-refractivity contribution in [2.24, 2.45) is 0 Å². The lowest BCUT2D eigenvalue weighted by Gasteiger charge is -2.43. The molecule has 0 aliphatic heterocycles. The molecule has 0 spiro atoms. The van der Waals surface area contributed by atoms with Gasteiger partial charge in [0.05, 0.1) is 0 Å². The van der Waals surface area contributed by atoms with Crippen molar-refractivity contribution < 1.29 is 0 Å². The maximum absolute atomic E-state index is 6.12. The molecular weight excluding hydrogens is 349 g/mol. The van der Waals surface area contributed by atoms with E-state index in [1.165, 1.54) is 45.1 Å². The van der Waals surface area contributed by atoms with Crippen LogP contribution in [0, 0.1) is 0 Å². The molecule has 0 aromatic heterocycles. The van der Waals surface area contributed by atoms with Crippen LogP contribution in [0.15, 0.2) is 0 Å². The third kappa shape index (κ3) is 12.3. The van der Waals surface area contributed by atoms with Gasteiger partial charge in [-0.05, 0) is 25.6 Å². The van der Waals surface area contributed by atoms with Crippen LogP contribution in [0.3, 0.4) is 0 Å². The van der Waals surface area contributed by atoms with Gasteiger partial charge in [-0.3, -0.25) is 0 Å². The predicted octanol–water partition coefficient (Wildman–Crippen LogP) is 6.85. The summed E-state index contributed by atoms with van der Waals surface area (Å²) in [5.74, 6) is 0. The zero-order chi connectivity index (χ0) is 16.7. The molecule has 0 atom stereocenters. The van der Waals surface area contributed by atoms with E-state index in [2.05, 4.69) is 43.5 Å². The lowest BCUT2D eigenvalue weighted by Crippen LogP contribution is -2.59. The fourth-order valence-corrected chi connectivity index (χ4v) is 14.5. The number of hydrogen-bond donors (Lipinski definition) is 0. The largest absolute Gasteiger partial charge is 0.346 e. The van der Waals surface area contributed by atoms with Gasteiger partial charge in [0.1, 0.15) is 16.5 Å². The fourth-order valence-electron chi connectivity index (χ4n) is 3.09. The smallest absolute Gasteiger partial charge is 0.248 e. The average molecular weight is 387 g/mol. The van der Waals surface area contributed by atoms with Gasteiger partial charge in [0, 0.05) is 0 Å². The van der Waals surface area contributed by atoms with Crippen molar-refractivity contribution in [3.63, 3.8) is 0 Å². The second-order valence-corrected chi connectivity index (χ2v) is 26.9. The van der Waals surface area contributed by atoms with Crippen LogP contribution in [-0.2, 0) is 0 Å². The number of halogens is 2. The first-order valence-electron chi connectivity index (χ1n) is 8.49. The van der Waals surface area contributed by atoms with Crippen molar-refractivity contribution in [1.29, 1.82) is 0 Å². The summed E-state index contributed by atoms with van der Waals surface area (Å²) in [5, 5.41) is 0. The predicted molar refractivity (Wildman–Crippen MR) is 109 cm³/mol. The molecule has 0 heterocycles. The molecule has 0 amide bonds. The molecule has 0 unspecified atom stereocenters. The molecule has 0 aromatic carbocycles. The first-order valence-corrected chi connectivity index (χ1v) is 20.1. The second kappa shape index (κ2) is 9.48. The Morgan fingerprint density at radius 2 is 1.00 bits per heavy atom. The first-order chi connectivity index (χ1) is 9.34. The third-order valence-corrected chi connectivity index (χ3v) is 13.9. The molecule has 0 N–H and O–H groups in total.